The van der Waals surface area contributed by atoms with Crippen molar-refractivity contribution in [1.29, 1.82) is 0 Å². The van der Waals surface area contributed by atoms with Crippen molar-refractivity contribution in [3.63, 3.8) is 0 Å². The van der Waals surface area contributed by atoms with Gasteiger partial charge in [0.15, 0.2) is 5.78 Å². The van der Waals surface area contributed by atoms with E-state index in [9.17, 15) is 19.2 Å². The van der Waals surface area contributed by atoms with Crippen molar-refractivity contribution in [2.45, 2.75) is 50.4 Å². The quantitative estimate of drug-likeness (QED) is 0.180. The summed E-state index contributed by atoms with van der Waals surface area (Å²) in [6.07, 6.45) is 0.302. The van der Waals surface area contributed by atoms with E-state index in [0.717, 1.165) is 16.7 Å². The van der Waals surface area contributed by atoms with Crippen LogP contribution < -0.4 is 21.7 Å². The summed E-state index contributed by atoms with van der Waals surface area (Å²) in [5.41, 5.74) is 8.86. The smallest absolute Gasteiger partial charge is 0.239 e. The van der Waals surface area contributed by atoms with Crippen molar-refractivity contribution in [3.05, 3.63) is 108 Å². The van der Waals surface area contributed by atoms with E-state index in [-0.39, 0.29) is 36.3 Å². The number of amides is 3. The Bertz CT molecular complexity index is 1270. The van der Waals surface area contributed by atoms with Gasteiger partial charge in [-0.3, -0.25) is 19.2 Å². The highest BCUT2D eigenvalue weighted by Gasteiger charge is 2.39. The summed E-state index contributed by atoms with van der Waals surface area (Å²) in [5, 5.41) is 8.00. The van der Waals surface area contributed by atoms with Gasteiger partial charge in [-0.25, -0.2) is 0 Å². The zero-order chi connectivity index (χ0) is 32.1. The minimum atomic E-state index is -0.783. The predicted molar refractivity (Wildman–Crippen MR) is 177 cm³/mol. The number of carbonyl (C=O) groups excluding carboxylic acids is 4. The number of Topliss-reactive ketones (excluding diaryl/α,β-unsaturated/α-hetero) is 1. The fourth-order valence-electron chi connectivity index (χ4n) is 5.05. The minimum Gasteiger partial charge on any atom is -0.358 e. The van der Waals surface area contributed by atoms with Crippen molar-refractivity contribution in [2.24, 2.45) is 17.6 Å². The third kappa shape index (κ3) is 9.27. The third-order valence-electron chi connectivity index (χ3n) is 7.39. The van der Waals surface area contributed by atoms with Crippen LogP contribution in [0.4, 0.5) is 0 Å². The number of benzene rings is 3. The first-order chi connectivity index (χ1) is 21.1. The average Bonchev–Trinajstić information content (AvgIpc) is 3.03. The molecule has 44 heavy (non-hydrogen) atoms. The normalized spacial score (nSPS) is 13.4. The first-order valence-corrected chi connectivity index (χ1v) is 15.9. The van der Waals surface area contributed by atoms with Gasteiger partial charge in [0.05, 0.1) is 29.3 Å². The second kappa shape index (κ2) is 16.8. The van der Waals surface area contributed by atoms with Crippen LogP contribution >= 0.6 is 11.8 Å². The van der Waals surface area contributed by atoms with Crippen molar-refractivity contribution in [1.82, 2.24) is 16.0 Å². The molecule has 3 rings (SSSR count). The van der Waals surface area contributed by atoms with E-state index < -0.39 is 34.6 Å². The number of nitrogens with one attached hydrogen (secondary N) is 3. The Morgan fingerprint density at radius 3 is 1.66 bits per heavy atom. The summed E-state index contributed by atoms with van der Waals surface area (Å²) in [7, 11) is 1.50. The van der Waals surface area contributed by atoms with Crippen LogP contribution in [-0.4, -0.2) is 54.9 Å². The monoisotopic (exact) mass is 616 g/mol. The van der Waals surface area contributed by atoms with Gasteiger partial charge in [-0.2, -0.15) is 0 Å². The van der Waals surface area contributed by atoms with Gasteiger partial charge >= 0.3 is 0 Å². The Morgan fingerprint density at radius 1 is 0.773 bits per heavy atom. The second-order valence-electron chi connectivity index (χ2n) is 11.3. The summed E-state index contributed by atoms with van der Waals surface area (Å²) in [6, 6.07) is 28.7. The van der Waals surface area contributed by atoms with E-state index in [0.29, 0.717) is 6.42 Å². The molecule has 3 aromatic rings. The van der Waals surface area contributed by atoms with E-state index in [1.54, 1.807) is 18.7 Å². The summed E-state index contributed by atoms with van der Waals surface area (Å²) in [6.45, 7) is 5.29. The number of rotatable bonds is 16. The van der Waals surface area contributed by atoms with Gasteiger partial charge in [0.25, 0.3) is 0 Å². The summed E-state index contributed by atoms with van der Waals surface area (Å²) < 4.78 is -0.702. The van der Waals surface area contributed by atoms with Crippen molar-refractivity contribution in [3.8, 4) is 0 Å². The first kappa shape index (κ1) is 34.5. The summed E-state index contributed by atoms with van der Waals surface area (Å²) in [5.74, 6) is -1.82. The Balaban J connectivity index is 2.04. The number of thioether (sulfide) groups is 1. The largest absolute Gasteiger partial charge is 0.358 e. The van der Waals surface area contributed by atoms with Crippen LogP contribution in [0.3, 0.4) is 0 Å². The molecule has 8 nitrogen and oxygen atoms in total. The lowest BCUT2D eigenvalue weighted by Gasteiger charge is -2.36. The zero-order valence-corrected chi connectivity index (χ0v) is 26.7. The fraction of sp³-hybridized carbons (Fsp3) is 0.371. The molecule has 5 N–H and O–H groups in total. The summed E-state index contributed by atoms with van der Waals surface area (Å²) >= 11 is 1.57. The van der Waals surface area contributed by atoms with Crippen molar-refractivity contribution >= 4 is 35.3 Å². The standard InChI is InChI=1S/C35H44N4O4S/c1-24(2)20-30(39-33(42)25(3)36)31(40)21-26(34(43)38-22-32(41)37-4)23-44-35(27-14-8-5-9-15-27,28-16-10-6-11-17-28)29-18-12-7-13-19-29/h5-19,24-26,30H,20-23,36H2,1-4H3,(H,37,41)(H,38,43)(H,39,42)/t25-,26-,30-/m0/s1. The Labute approximate surface area is 265 Å². The van der Waals surface area contributed by atoms with Crippen molar-refractivity contribution < 1.29 is 19.2 Å². The van der Waals surface area contributed by atoms with Gasteiger partial charge < -0.3 is 21.7 Å². The molecule has 0 aliphatic rings. The van der Waals surface area contributed by atoms with Gasteiger partial charge in [0.1, 0.15) is 0 Å². The average molecular weight is 617 g/mol. The molecule has 0 unspecified atom stereocenters. The van der Waals surface area contributed by atoms with E-state index in [1.807, 2.05) is 68.4 Å². The molecule has 0 bridgehead atoms. The number of likely N-dealkylation sites (N-methyl/N-ethyl adjacent to an activating group) is 1. The molecule has 9 heteroatoms. The maximum Gasteiger partial charge on any atom is 0.239 e. The number of ketones is 1. The molecular formula is C35H44N4O4S. The molecule has 234 valence electrons. The van der Waals surface area contributed by atoms with Crippen LogP contribution in [0.25, 0.3) is 0 Å². The maximum atomic E-state index is 13.8. The third-order valence-corrected chi connectivity index (χ3v) is 9.10. The highest BCUT2D eigenvalue weighted by atomic mass is 32.2. The molecule has 0 heterocycles. The molecule has 0 radical (unpaired) electrons. The Kier molecular flexibility index (Phi) is 13.2. The second-order valence-corrected chi connectivity index (χ2v) is 12.6. The molecule has 0 aromatic heterocycles. The lowest BCUT2D eigenvalue weighted by atomic mass is 9.84. The van der Waals surface area contributed by atoms with Gasteiger partial charge in [-0.1, -0.05) is 105 Å². The Hall–Kier alpha value is -3.95. The van der Waals surface area contributed by atoms with Crippen LogP contribution in [-0.2, 0) is 23.9 Å². The molecule has 0 saturated heterocycles. The molecule has 0 fully saturated rings. The molecule has 0 saturated carbocycles. The van der Waals surface area contributed by atoms with Gasteiger partial charge in [0.2, 0.25) is 17.7 Å². The van der Waals surface area contributed by atoms with Crippen LogP contribution in [0.15, 0.2) is 91.0 Å². The number of carbonyl (C=O) groups is 4. The van der Waals surface area contributed by atoms with Gasteiger partial charge in [-0.05, 0) is 36.0 Å². The van der Waals surface area contributed by atoms with Gasteiger partial charge in [0, 0.05) is 19.2 Å². The number of hydrogen-bond acceptors (Lipinski definition) is 6. The van der Waals surface area contributed by atoms with E-state index in [1.165, 1.54) is 7.05 Å². The molecular weight excluding hydrogens is 572 g/mol. The van der Waals surface area contributed by atoms with Crippen LogP contribution in [0.1, 0.15) is 50.3 Å². The lowest BCUT2D eigenvalue weighted by molar-refractivity contribution is -0.132. The highest BCUT2D eigenvalue weighted by Crippen LogP contribution is 2.49. The molecule has 0 aliphatic heterocycles. The molecule has 3 atom stereocenters. The SMILES string of the molecule is CNC(=O)CNC(=O)[C@H](CSC(c1ccccc1)(c1ccccc1)c1ccccc1)CC(=O)[C@H](CC(C)C)NC(=O)[C@H](C)N. The predicted octanol–water partition coefficient (Wildman–Crippen LogP) is 4.03. The van der Waals surface area contributed by atoms with Crippen LogP contribution in [0, 0.1) is 11.8 Å². The number of nitrogens with two attached hydrogens (primary N) is 1. The van der Waals surface area contributed by atoms with E-state index in [2.05, 4.69) is 52.3 Å². The van der Waals surface area contributed by atoms with Crippen LogP contribution in [0.5, 0.6) is 0 Å². The molecule has 3 aromatic carbocycles. The van der Waals surface area contributed by atoms with E-state index >= 15 is 0 Å². The topological polar surface area (TPSA) is 130 Å². The fourth-order valence-corrected chi connectivity index (χ4v) is 6.68. The minimum absolute atomic E-state index is 0.113. The lowest BCUT2D eigenvalue weighted by Crippen LogP contribution is -2.49. The van der Waals surface area contributed by atoms with Crippen molar-refractivity contribution in [2.75, 3.05) is 19.3 Å². The Morgan fingerprint density at radius 2 is 1.25 bits per heavy atom. The maximum absolute atomic E-state index is 13.8. The molecule has 0 spiro atoms. The first-order valence-electron chi connectivity index (χ1n) is 15.0. The van der Waals surface area contributed by atoms with Gasteiger partial charge in [-0.15, -0.1) is 11.8 Å². The molecule has 3 amide bonds. The van der Waals surface area contributed by atoms with Crippen LogP contribution in [0.2, 0.25) is 0 Å². The molecule has 0 aliphatic carbocycles. The zero-order valence-electron chi connectivity index (χ0n) is 25.9. The van der Waals surface area contributed by atoms with E-state index in [4.69, 9.17) is 5.73 Å². The summed E-state index contributed by atoms with van der Waals surface area (Å²) in [4.78, 5) is 51.9. The highest BCUT2D eigenvalue weighted by molar-refractivity contribution is 8.00. The number of hydrogen-bond donors (Lipinski definition) is 4.